The smallest absolute Gasteiger partial charge is 0.243 e. The van der Waals surface area contributed by atoms with Gasteiger partial charge in [-0.1, -0.05) is 18.0 Å². The van der Waals surface area contributed by atoms with Crippen molar-refractivity contribution in [1.82, 2.24) is 4.31 Å². The van der Waals surface area contributed by atoms with E-state index in [9.17, 15) is 22.0 Å². The first-order valence-electron chi connectivity index (χ1n) is 8.79. The number of piperidine rings is 1. The van der Waals surface area contributed by atoms with Gasteiger partial charge in [-0.15, -0.1) is 0 Å². The molecule has 0 spiro atoms. The van der Waals surface area contributed by atoms with E-state index < -0.39 is 33.6 Å². The van der Waals surface area contributed by atoms with Gasteiger partial charge in [0.1, 0.15) is 11.6 Å². The second-order valence-electron chi connectivity index (χ2n) is 6.60. The summed E-state index contributed by atoms with van der Waals surface area (Å²) in [6, 6.07) is 8.15. The van der Waals surface area contributed by atoms with Gasteiger partial charge in [-0.2, -0.15) is 4.31 Å². The fourth-order valence-electron chi connectivity index (χ4n) is 3.24. The Morgan fingerprint density at radius 1 is 1.14 bits per heavy atom. The Hall–Kier alpha value is -2.03. The summed E-state index contributed by atoms with van der Waals surface area (Å²) in [4.78, 5) is 12.5. The first kappa shape index (κ1) is 20.7. The van der Waals surface area contributed by atoms with Crippen LogP contribution in [0.25, 0.3) is 0 Å². The van der Waals surface area contributed by atoms with Crippen molar-refractivity contribution in [1.29, 1.82) is 0 Å². The maximum atomic E-state index is 13.7. The number of hydrogen-bond donors (Lipinski definition) is 1. The van der Waals surface area contributed by atoms with Crippen molar-refractivity contribution >= 4 is 33.2 Å². The molecule has 1 saturated heterocycles. The van der Waals surface area contributed by atoms with E-state index in [4.69, 9.17) is 11.6 Å². The zero-order chi connectivity index (χ0) is 20.3. The van der Waals surface area contributed by atoms with E-state index >= 15 is 0 Å². The standard InChI is InChI=1S/C19H19ClF2N2O3S/c20-13-4-7-16(8-5-13)28(26,27)24-10-2-1-3-15(24)12-19(25)23-18-9-6-14(21)11-17(18)22/h4-9,11,15H,1-3,10,12H2,(H,23,25)/t15-/m1/s1. The van der Waals surface area contributed by atoms with Gasteiger partial charge in [0, 0.05) is 30.1 Å². The number of nitrogens with zero attached hydrogens (tertiary/aromatic N) is 1. The molecule has 1 heterocycles. The van der Waals surface area contributed by atoms with Crippen molar-refractivity contribution in [3.05, 3.63) is 59.1 Å². The Labute approximate surface area is 167 Å². The molecule has 3 rings (SSSR count). The number of rotatable bonds is 5. The number of carbonyl (C=O) groups is 1. The minimum Gasteiger partial charge on any atom is -0.324 e. The first-order valence-corrected chi connectivity index (χ1v) is 10.6. The molecule has 1 aliphatic rings. The second-order valence-corrected chi connectivity index (χ2v) is 8.92. The molecular weight excluding hydrogens is 410 g/mol. The molecular formula is C19H19ClF2N2O3S. The lowest BCUT2D eigenvalue weighted by Crippen LogP contribution is -2.45. The van der Waals surface area contributed by atoms with Crippen molar-refractivity contribution in [2.24, 2.45) is 0 Å². The van der Waals surface area contributed by atoms with Crippen molar-refractivity contribution in [3.8, 4) is 0 Å². The lowest BCUT2D eigenvalue weighted by molar-refractivity contribution is -0.117. The van der Waals surface area contributed by atoms with E-state index in [0.29, 0.717) is 30.5 Å². The Morgan fingerprint density at radius 3 is 2.54 bits per heavy atom. The van der Waals surface area contributed by atoms with Crippen LogP contribution in [0.2, 0.25) is 5.02 Å². The van der Waals surface area contributed by atoms with Crippen molar-refractivity contribution in [2.75, 3.05) is 11.9 Å². The Morgan fingerprint density at radius 2 is 1.86 bits per heavy atom. The molecule has 28 heavy (non-hydrogen) atoms. The highest BCUT2D eigenvalue weighted by Crippen LogP contribution is 2.28. The van der Waals surface area contributed by atoms with Crippen LogP contribution < -0.4 is 5.32 Å². The van der Waals surface area contributed by atoms with Crippen LogP contribution in [0.3, 0.4) is 0 Å². The summed E-state index contributed by atoms with van der Waals surface area (Å²) in [7, 11) is -3.79. The summed E-state index contributed by atoms with van der Waals surface area (Å²) in [5.74, 6) is -2.17. The number of amides is 1. The highest BCUT2D eigenvalue weighted by Gasteiger charge is 2.34. The van der Waals surface area contributed by atoms with Gasteiger partial charge < -0.3 is 5.32 Å². The molecule has 1 fully saturated rings. The van der Waals surface area contributed by atoms with Gasteiger partial charge in [0.25, 0.3) is 0 Å². The molecule has 1 amide bonds. The number of hydrogen-bond acceptors (Lipinski definition) is 3. The third-order valence-electron chi connectivity index (χ3n) is 4.62. The number of nitrogens with one attached hydrogen (secondary N) is 1. The molecule has 5 nitrogen and oxygen atoms in total. The van der Waals surface area contributed by atoms with Crippen LogP contribution in [0.4, 0.5) is 14.5 Å². The summed E-state index contributed by atoms with van der Waals surface area (Å²) >= 11 is 5.83. The van der Waals surface area contributed by atoms with Gasteiger partial charge in [-0.05, 0) is 49.2 Å². The number of benzene rings is 2. The van der Waals surface area contributed by atoms with E-state index in [0.717, 1.165) is 18.6 Å². The van der Waals surface area contributed by atoms with Crippen molar-refractivity contribution < 1.29 is 22.0 Å². The van der Waals surface area contributed by atoms with E-state index in [1.54, 1.807) is 0 Å². The molecule has 1 atom stereocenters. The van der Waals surface area contributed by atoms with Crippen LogP contribution in [0, 0.1) is 11.6 Å². The normalized spacial score (nSPS) is 18.0. The van der Waals surface area contributed by atoms with Crippen LogP contribution in [0.15, 0.2) is 47.4 Å². The summed E-state index contributed by atoms with van der Waals surface area (Å²) in [6.07, 6.45) is 1.88. The monoisotopic (exact) mass is 428 g/mol. The topological polar surface area (TPSA) is 66.5 Å². The summed E-state index contributed by atoms with van der Waals surface area (Å²) in [5, 5.41) is 2.81. The highest BCUT2D eigenvalue weighted by molar-refractivity contribution is 7.89. The number of anilines is 1. The maximum Gasteiger partial charge on any atom is 0.243 e. The minimum absolute atomic E-state index is 0.105. The molecule has 0 aliphatic carbocycles. The Kier molecular flexibility index (Phi) is 6.32. The summed E-state index contributed by atoms with van der Waals surface area (Å²) < 4.78 is 54.0. The molecule has 0 radical (unpaired) electrons. The van der Waals surface area contributed by atoms with E-state index in [-0.39, 0.29) is 17.0 Å². The van der Waals surface area contributed by atoms with E-state index in [1.165, 1.54) is 28.6 Å². The third-order valence-corrected chi connectivity index (χ3v) is 6.84. The van der Waals surface area contributed by atoms with Gasteiger partial charge in [0.2, 0.25) is 15.9 Å². The maximum absolute atomic E-state index is 13.7. The fraction of sp³-hybridized carbons (Fsp3) is 0.316. The second kappa shape index (κ2) is 8.55. The average molecular weight is 429 g/mol. The zero-order valence-corrected chi connectivity index (χ0v) is 16.4. The van der Waals surface area contributed by atoms with Gasteiger partial charge in [-0.25, -0.2) is 17.2 Å². The summed E-state index contributed by atoms with van der Waals surface area (Å²) in [5.41, 5.74) is -0.144. The highest BCUT2D eigenvalue weighted by atomic mass is 35.5. The number of carbonyl (C=O) groups excluding carboxylic acids is 1. The molecule has 0 bridgehead atoms. The predicted octanol–water partition coefficient (Wildman–Crippen LogP) is 4.19. The van der Waals surface area contributed by atoms with Crippen LogP contribution in [-0.4, -0.2) is 31.2 Å². The van der Waals surface area contributed by atoms with Crippen LogP contribution in [0.5, 0.6) is 0 Å². The number of halogens is 3. The lowest BCUT2D eigenvalue weighted by atomic mass is 10.0. The SMILES string of the molecule is O=C(C[C@H]1CCCCN1S(=O)(=O)c1ccc(Cl)cc1)Nc1ccc(F)cc1F. The fourth-order valence-corrected chi connectivity index (χ4v) is 5.06. The zero-order valence-electron chi connectivity index (χ0n) is 14.9. The third kappa shape index (κ3) is 4.68. The largest absolute Gasteiger partial charge is 0.324 e. The molecule has 0 saturated carbocycles. The molecule has 9 heteroatoms. The predicted molar refractivity (Wildman–Crippen MR) is 103 cm³/mol. The van der Waals surface area contributed by atoms with Crippen LogP contribution in [0.1, 0.15) is 25.7 Å². The molecule has 1 N–H and O–H groups in total. The molecule has 0 aromatic heterocycles. The van der Waals surface area contributed by atoms with Gasteiger partial charge in [-0.3, -0.25) is 4.79 Å². The first-order chi connectivity index (χ1) is 13.3. The van der Waals surface area contributed by atoms with E-state index in [2.05, 4.69) is 5.32 Å². The number of sulfonamides is 1. The molecule has 1 aliphatic heterocycles. The van der Waals surface area contributed by atoms with Gasteiger partial charge in [0.05, 0.1) is 10.6 Å². The Balaban J connectivity index is 1.75. The van der Waals surface area contributed by atoms with E-state index in [1.807, 2.05) is 0 Å². The lowest BCUT2D eigenvalue weighted by Gasteiger charge is -2.34. The molecule has 2 aromatic rings. The minimum atomic E-state index is -3.79. The van der Waals surface area contributed by atoms with Crippen molar-refractivity contribution in [2.45, 2.75) is 36.6 Å². The molecule has 0 unspecified atom stereocenters. The van der Waals surface area contributed by atoms with Crippen molar-refractivity contribution in [3.63, 3.8) is 0 Å². The van der Waals surface area contributed by atoms with Crippen LogP contribution in [-0.2, 0) is 14.8 Å². The molecule has 2 aromatic carbocycles. The van der Waals surface area contributed by atoms with Gasteiger partial charge in [0.15, 0.2) is 0 Å². The van der Waals surface area contributed by atoms with Gasteiger partial charge >= 0.3 is 0 Å². The Bertz CT molecular complexity index is 968. The summed E-state index contributed by atoms with van der Waals surface area (Å²) in [6.45, 7) is 0.299. The van der Waals surface area contributed by atoms with Crippen LogP contribution >= 0.6 is 11.6 Å². The molecule has 150 valence electrons. The quantitative estimate of drug-likeness (QED) is 0.776. The average Bonchev–Trinajstić information content (AvgIpc) is 2.65.